The number of carbonyl (C=O) groups excluding carboxylic acids is 2. The first kappa shape index (κ1) is 25.9. The molecule has 0 radical (unpaired) electrons. The normalized spacial score (nSPS) is 17.8. The molecule has 1 amide bonds. The van der Waals surface area contributed by atoms with Crippen molar-refractivity contribution in [1.29, 1.82) is 0 Å². The molecular formula is C31H33N7O2. The number of hydrogen-bond acceptors (Lipinski definition) is 7. The fraction of sp³-hybridized carbons (Fsp3) is 0.323. The van der Waals surface area contributed by atoms with E-state index in [1.54, 1.807) is 0 Å². The zero-order valence-electron chi connectivity index (χ0n) is 22.4. The third-order valence-electron chi connectivity index (χ3n) is 7.79. The molecule has 1 fully saturated rings. The standard InChI is InChI=1S/C31H33N7O2/c39-28-20-25-18-23(21-37-14-16-38(17-15-37)26-10-12-32-13-11-26)6-7-24(25)8-9-27(28)33-31(40)30-34-29(35-36-30)19-22-4-2-1-3-5-22/h1-7,10-13,18,27H,8-9,14-17,19-21H2,(H,33,40)(H,34,35,36)/t27-/m0/s1. The quantitative estimate of drug-likeness (QED) is 0.351. The van der Waals surface area contributed by atoms with Crippen molar-refractivity contribution in [3.8, 4) is 0 Å². The van der Waals surface area contributed by atoms with Crippen LogP contribution >= 0.6 is 0 Å². The minimum atomic E-state index is -0.555. The summed E-state index contributed by atoms with van der Waals surface area (Å²) < 4.78 is 0. The summed E-state index contributed by atoms with van der Waals surface area (Å²) in [6.07, 6.45) is 5.86. The number of Topliss-reactive ketones (excluding diaryl/α,β-unsaturated/α-hetero) is 1. The zero-order valence-corrected chi connectivity index (χ0v) is 22.4. The van der Waals surface area contributed by atoms with Gasteiger partial charge in [0.25, 0.3) is 5.91 Å². The average Bonchev–Trinajstić information content (AvgIpc) is 3.40. The molecule has 4 aromatic rings. The van der Waals surface area contributed by atoms with E-state index in [1.807, 2.05) is 42.7 Å². The van der Waals surface area contributed by atoms with E-state index in [0.29, 0.717) is 25.1 Å². The van der Waals surface area contributed by atoms with E-state index >= 15 is 0 Å². The van der Waals surface area contributed by atoms with E-state index in [4.69, 9.17) is 0 Å². The van der Waals surface area contributed by atoms with Gasteiger partial charge in [-0.2, -0.15) is 0 Å². The number of aromatic nitrogens is 4. The second-order valence-corrected chi connectivity index (χ2v) is 10.5. The number of ketones is 1. The van der Waals surface area contributed by atoms with Crippen LogP contribution in [0.2, 0.25) is 0 Å². The van der Waals surface area contributed by atoms with Crippen molar-refractivity contribution in [2.45, 2.75) is 38.3 Å². The number of amides is 1. The summed E-state index contributed by atoms with van der Waals surface area (Å²) in [4.78, 5) is 39.4. The Balaban J connectivity index is 1.03. The SMILES string of the molecule is O=C(N[C@H]1CCc2ccc(CN3CCN(c4ccncc4)CC3)cc2CC1=O)c1n[nH]c(Cc2ccccc2)n1. The lowest BCUT2D eigenvalue weighted by Gasteiger charge is -2.36. The molecule has 0 spiro atoms. The highest BCUT2D eigenvalue weighted by atomic mass is 16.2. The van der Waals surface area contributed by atoms with Gasteiger partial charge in [-0.25, -0.2) is 4.98 Å². The molecule has 40 heavy (non-hydrogen) atoms. The summed E-state index contributed by atoms with van der Waals surface area (Å²) in [6.45, 7) is 4.80. The van der Waals surface area contributed by atoms with Crippen molar-refractivity contribution < 1.29 is 9.59 Å². The number of benzene rings is 2. The molecule has 204 valence electrons. The molecule has 2 aromatic carbocycles. The molecule has 1 aliphatic carbocycles. The van der Waals surface area contributed by atoms with Gasteiger partial charge in [0.1, 0.15) is 5.82 Å². The van der Waals surface area contributed by atoms with Gasteiger partial charge >= 0.3 is 0 Å². The number of aromatic amines is 1. The van der Waals surface area contributed by atoms with Crippen LogP contribution in [0.3, 0.4) is 0 Å². The molecule has 0 bridgehead atoms. The summed E-state index contributed by atoms with van der Waals surface area (Å²) in [5.41, 5.74) is 5.76. The van der Waals surface area contributed by atoms with Crippen LogP contribution in [0.4, 0.5) is 5.69 Å². The Morgan fingerprint density at radius 2 is 1.75 bits per heavy atom. The Kier molecular flexibility index (Phi) is 7.63. The van der Waals surface area contributed by atoms with Gasteiger partial charge in [-0.05, 0) is 47.2 Å². The van der Waals surface area contributed by atoms with Gasteiger partial charge in [0.15, 0.2) is 5.78 Å². The molecule has 9 heteroatoms. The Labute approximate surface area is 233 Å². The number of carbonyl (C=O) groups is 2. The Morgan fingerprint density at radius 3 is 2.55 bits per heavy atom. The summed E-state index contributed by atoms with van der Waals surface area (Å²) in [6, 6.07) is 20.0. The van der Waals surface area contributed by atoms with Crippen LogP contribution < -0.4 is 10.2 Å². The van der Waals surface area contributed by atoms with E-state index in [2.05, 4.69) is 65.6 Å². The number of pyridine rings is 1. The van der Waals surface area contributed by atoms with Gasteiger partial charge in [0.2, 0.25) is 5.82 Å². The first-order chi connectivity index (χ1) is 19.6. The summed E-state index contributed by atoms with van der Waals surface area (Å²) in [5.74, 6) is 0.274. The minimum Gasteiger partial charge on any atom is -0.369 e. The molecule has 2 aliphatic rings. The molecule has 2 N–H and O–H groups in total. The lowest BCUT2D eigenvalue weighted by molar-refractivity contribution is -0.120. The predicted molar refractivity (Wildman–Crippen MR) is 152 cm³/mol. The van der Waals surface area contributed by atoms with Gasteiger partial charge in [0.05, 0.1) is 6.04 Å². The lowest BCUT2D eigenvalue weighted by Crippen LogP contribution is -2.46. The van der Waals surface area contributed by atoms with Gasteiger partial charge in [-0.15, -0.1) is 5.10 Å². The Morgan fingerprint density at radius 1 is 0.950 bits per heavy atom. The maximum atomic E-state index is 13.2. The van der Waals surface area contributed by atoms with Crippen molar-refractivity contribution in [3.63, 3.8) is 0 Å². The van der Waals surface area contributed by atoms with Crippen molar-refractivity contribution in [1.82, 2.24) is 30.4 Å². The van der Waals surface area contributed by atoms with E-state index in [1.165, 1.54) is 16.8 Å². The van der Waals surface area contributed by atoms with E-state index in [0.717, 1.165) is 50.3 Å². The molecule has 9 nitrogen and oxygen atoms in total. The maximum absolute atomic E-state index is 13.2. The van der Waals surface area contributed by atoms with Crippen LogP contribution in [0, 0.1) is 0 Å². The monoisotopic (exact) mass is 535 g/mol. The molecule has 3 heterocycles. The number of aryl methyl sites for hydroxylation is 1. The van der Waals surface area contributed by atoms with Crippen LogP contribution in [0.15, 0.2) is 73.1 Å². The number of nitrogens with zero attached hydrogens (tertiary/aromatic N) is 5. The number of piperazine rings is 1. The van der Waals surface area contributed by atoms with Gasteiger partial charge in [0, 0.05) is 63.6 Å². The average molecular weight is 536 g/mol. The van der Waals surface area contributed by atoms with Crippen LogP contribution in [0.1, 0.15) is 45.1 Å². The van der Waals surface area contributed by atoms with Crippen LogP contribution in [0.5, 0.6) is 0 Å². The molecular weight excluding hydrogens is 502 g/mol. The molecule has 2 aromatic heterocycles. The van der Waals surface area contributed by atoms with E-state index in [9.17, 15) is 9.59 Å². The van der Waals surface area contributed by atoms with Crippen molar-refractivity contribution in [3.05, 3.63) is 107 Å². The summed E-state index contributed by atoms with van der Waals surface area (Å²) in [7, 11) is 0. The summed E-state index contributed by atoms with van der Waals surface area (Å²) >= 11 is 0. The third kappa shape index (κ3) is 6.10. The fourth-order valence-corrected chi connectivity index (χ4v) is 5.58. The smallest absolute Gasteiger partial charge is 0.291 e. The van der Waals surface area contributed by atoms with Crippen molar-refractivity contribution >= 4 is 17.4 Å². The largest absolute Gasteiger partial charge is 0.369 e. The Bertz CT molecular complexity index is 1460. The lowest BCUT2D eigenvalue weighted by atomic mass is 9.99. The van der Waals surface area contributed by atoms with Gasteiger partial charge in [-0.1, -0.05) is 48.5 Å². The number of fused-ring (bicyclic) bond motifs is 1. The number of H-pyrrole nitrogens is 1. The fourth-order valence-electron chi connectivity index (χ4n) is 5.58. The third-order valence-corrected chi connectivity index (χ3v) is 7.79. The van der Waals surface area contributed by atoms with Gasteiger partial charge < -0.3 is 10.2 Å². The molecule has 1 aliphatic heterocycles. The molecule has 1 atom stereocenters. The van der Waals surface area contributed by atoms with Crippen LogP contribution in [-0.2, 0) is 30.6 Å². The highest BCUT2D eigenvalue weighted by molar-refractivity contribution is 5.96. The molecule has 6 rings (SSSR count). The van der Waals surface area contributed by atoms with Crippen LogP contribution in [-0.4, -0.2) is 69.0 Å². The van der Waals surface area contributed by atoms with E-state index in [-0.39, 0.29) is 11.6 Å². The molecule has 0 unspecified atom stereocenters. The predicted octanol–water partition coefficient (Wildman–Crippen LogP) is 2.97. The molecule has 0 saturated carbocycles. The number of hydrogen-bond donors (Lipinski definition) is 2. The summed E-state index contributed by atoms with van der Waals surface area (Å²) in [5, 5.41) is 9.81. The first-order valence-electron chi connectivity index (χ1n) is 13.9. The molecule has 1 saturated heterocycles. The Hall–Kier alpha value is -4.37. The van der Waals surface area contributed by atoms with Gasteiger partial charge in [-0.3, -0.25) is 24.6 Å². The second kappa shape index (κ2) is 11.8. The number of nitrogens with one attached hydrogen (secondary N) is 2. The number of rotatable bonds is 7. The highest BCUT2D eigenvalue weighted by Gasteiger charge is 2.27. The highest BCUT2D eigenvalue weighted by Crippen LogP contribution is 2.23. The number of anilines is 1. The van der Waals surface area contributed by atoms with Crippen molar-refractivity contribution in [2.75, 3.05) is 31.1 Å². The topological polar surface area (TPSA) is 107 Å². The van der Waals surface area contributed by atoms with E-state index < -0.39 is 11.9 Å². The zero-order chi connectivity index (χ0) is 27.3. The minimum absolute atomic E-state index is 0.0234. The first-order valence-corrected chi connectivity index (χ1v) is 13.9. The van der Waals surface area contributed by atoms with Crippen molar-refractivity contribution in [2.24, 2.45) is 0 Å². The van der Waals surface area contributed by atoms with Crippen LogP contribution in [0.25, 0.3) is 0 Å². The second-order valence-electron chi connectivity index (χ2n) is 10.5. The maximum Gasteiger partial charge on any atom is 0.291 e.